The zero-order chi connectivity index (χ0) is 14.5. The summed E-state index contributed by atoms with van der Waals surface area (Å²) in [6.45, 7) is 0.420. The lowest BCUT2D eigenvalue weighted by Gasteiger charge is -2.06. The van der Waals surface area contributed by atoms with Gasteiger partial charge in [0.05, 0.1) is 4.92 Å². The summed E-state index contributed by atoms with van der Waals surface area (Å²) < 4.78 is 0. The van der Waals surface area contributed by atoms with Crippen molar-refractivity contribution in [2.75, 3.05) is 6.54 Å². The predicted octanol–water partition coefficient (Wildman–Crippen LogP) is 3.28. The number of carbonyl (C=O) groups is 1. The third-order valence-electron chi connectivity index (χ3n) is 2.65. The molecule has 1 N–H and O–H groups in total. The van der Waals surface area contributed by atoms with Gasteiger partial charge in [-0.2, -0.15) is 0 Å². The molecular weight excluding hydrogens is 300 g/mol. The van der Waals surface area contributed by atoms with Crippen molar-refractivity contribution < 1.29 is 9.72 Å². The van der Waals surface area contributed by atoms with Crippen LogP contribution in [0.4, 0.5) is 5.69 Å². The molecule has 20 heavy (non-hydrogen) atoms. The molecule has 0 spiro atoms. The third kappa shape index (κ3) is 3.34. The summed E-state index contributed by atoms with van der Waals surface area (Å²) in [5, 5.41) is 15.5. The molecule has 0 aliphatic rings. The van der Waals surface area contributed by atoms with Crippen LogP contribution < -0.4 is 5.32 Å². The van der Waals surface area contributed by atoms with Crippen molar-refractivity contribution in [2.24, 2.45) is 0 Å². The summed E-state index contributed by atoms with van der Waals surface area (Å²) in [5.41, 5.74) is -0.378. The largest absolute Gasteiger partial charge is 0.351 e. The highest BCUT2D eigenvalue weighted by Crippen LogP contribution is 2.27. The third-order valence-corrected chi connectivity index (χ3v) is 3.89. The molecule has 0 saturated heterocycles. The maximum Gasteiger partial charge on any atom is 0.300 e. The van der Waals surface area contributed by atoms with Crippen LogP contribution in [0.1, 0.15) is 15.2 Å². The van der Waals surface area contributed by atoms with E-state index in [1.54, 1.807) is 11.3 Å². The van der Waals surface area contributed by atoms with Gasteiger partial charge in [0.15, 0.2) is 0 Å². The molecule has 0 atom stereocenters. The summed E-state index contributed by atoms with van der Waals surface area (Å²) >= 11 is 7.36. The number of thiophene rings is 1. The van der Waals surface area contributed by atoms with Crippen LogP contribution in [-0.2, 0) is 6.42 Å². The van der Waals surface area contributed by atoms with Gasteiger partial charge in [-0.25, -0.2) is 0 Å². The molecule has 5 nitrogen and oxygen atoms in total. The molecule has 2 aromatic rings. The van der Waals surface area contributed by atoms with Crippen molar-refractivity contribution in [2.45, 2.75) is 6.42 Å². The SMILES string of the molecule is O=C(NCCc1cccs1)c1cccc(Cl)c1[N+](=O)[O-]. The van der Waals surface area contributed by atoms with Gasteiger partial charge in [0.2, 0.25) is 0 Å². The number of benzene rings is 1. The number of nitrogens with one attached hydrogen (secondary N) is 1. The molecule has 0 fully saturated rings. The van der Waals surface area contributed by atoms with Crippen LogP contribution in [0.15, 0.2) is 35.7 Å². The maximum atomic E-state index is 12.0. The number of hydrogen-bond donors (Lipinski definition) is 1. The Bertz CT molecular complexity index is 629. The quantitative estimate of drug-likeness (QED) is 0.680. The molecule has 7 heteroatoms. The minimum atomic E-state index is -0.642. The van der Waals surface area contributed by atoms with Crippen LogP contribution in [0, 0.1) is 10.1 Å². The van der Waals surface area contributed by atoms with Crippen LogP contribution in [-0.4, -0.2) is 17.4 Å². The number of nitro benzene ring substituents is 1. The molecule has 0 saturated carbocycles. The van der Waals surface area contributed by atoms with E-state index in [-0.39, 0.29) is 16.3 Å². The molecule has 1 aromatic carbocycles. The molecule has 0 bridgehead atoms. The minimum absolute atomic E-state index is 0.0197. The Labute approximate surface area is 124 Å². The van der Waals surface area contributed by atoms with Crippen molar-refractivity contribution >= 4 is 34.5 Å². The van der Waals surface area contributed by atoms with Gasteiger partial charge in [-0.05, 0) is 30.0 Å². The molecule has 1 heterocycles. The van der Waals surface area contributed by atoms with Crippen molar-refractivity contribution in [3.05, 3.63) is 61.3 Å². The topological polar surface area (TPSA) is 72.2 Å². The zero-order valence-corrected chi connectivity index (χ0v) is 11.9. The van der Waals surface area contributed by atoms with Gasteiger partial charge in [-0.3, -0.25) is 14.9 Å². The van der Waals surface area contributed by atoms with E-state index in [0.29, 0.717) is 13.0 Å². The smallest absolute Gasteiger partial charge is 0.300 e. The Kier molecular flexibility index (Phi) is 4.70. The standard InChI is InChI=1S/C13H11ClN2O3S/c14-11-5-1-4-10(12(11)16(18)19)13(17)15-7-6-9-3-2-8-20-9/h1-5,8H,6-7H2,(H,15,17). The number of rotatable bonds is 5. The monoisotopic (exact) mass is 310 g/mol. The van der Waals surface area contributed by atoms with E-state index in [1.807, 2.05) is 17.5 Å². The average Bonchev–Trinajstić information content (AvgIpc) is 2.91. The molecule has 1 amide bonds. The van der Waals surface area contributed by atoms with Crippen LogP contribution in [0.5, 0.6) is 0 Å². The maximum absolute atomic E-state index is 12.0. The fourth-order valence-electron chi connectivity index (χ4n) is 1.73. The van der Waals surface area contributed by atoms with E-state index < -0.39 is 10.8 Å². The van der Waals surface area contributed by atoms with Crippen LogP contribution >= 0.6 is 22.9 Å². The summed E-state index contributed by atoms with van der Waals surface area (Å²) in [6, 6.07) is 8.21. The number of carbonyl (C=O) groups excluding carboxylic acids is 1. The second-order valence-electron chi connectivity index (χ2n) is 3.98. The van der Waals surface area contributed by atoms with Crippen LogP contribution in [0.2, 0.25) is 5.02 Å². The van der Waals surface area contributed by atoms with E-state index in [1.165, 1.54) is 18.2 Å². The molecule has 104 valence electrons. The van der Waals surface area contributed by atoms with Crippen LogP contribution in [0.25, 0.3) is 0 Å². The Morgan fingerprint density at radius 1 is 1.35 bits per heavy atom. The lowest BCUT2D eigenvalue weighted by atomic mass is 10.1. The zero-order valence-electron chi connectivity index (χ0n) is 10.3. The van der Waals surface area contributed by atoms with Gasteiger partial charge in [0.25, 0.3) is 5.91 Å². The van der Waals surface area contributed by atoms with E-state index in [0.717, 1.165) is 4.88 Å². The minimum Gasteiger partial charge on any atom is -0.351 e. The number of hydrogen-bond acceptors (Lipinski definition) is 4. The number of nitrogens with zero attached hydrogens (tertiary/aromatic N) is 1. The highest BCUT2D eigenvalue weighted by Gasteiger charge is 2.23. The Balaban J connectivity index is 2.06. The normalized spacial score (nSPS) is 10.2. The molecule has 2 rings (SSSR count). The lowest BCUT2D eigenvalue weighted by Crippen LogP contribution is -2.26. The fourth-order valence-corrected chi connectivity index (χ4v) is 2.69. The molecular formula is C13H11ClN2O3S. The first-order valence-electron chi connectivity index (χ1n) is 5.83. The highest BCUT2D eigenvalue weighted by molar-refractivity contribution is 7.09. The van der Waals surface area contributed by atoms with Gasteiger partial charge in [0.1, 0.15) is 10.6 Å². The molecule has 1 aromatic heterocycles. The van der Waals surface area contributed by atoms with Gasteiger partial charge in [-0.1, -0.05) is 23.7 Å². The van der Waals surface area contributed by atoms with E-state index in [2.05, 4.69) is 5.32 Å². The first-order chi connectivity index (χ1) is 9.59. The second kappa shape index (κ2) is 6.49. The van der Waals surface area contributed by atoms with Gasteiger partial charge in [0, 0.05) is 11.4 Å². The molecule has 0 aliphatic heterocycles. The lowest BCUT2D eigenvalue weighted by molar-refractivity contribution is -0.385. The van der Waals surface area contributed by atoms with Crippen molar-refractivity contribution in [1.82, 2.24) is 5.32 Å². The fraction of sp³-hybridized carbons (Fsp3) is 0.154. The number of halogens is 1. The Morgan fingerprint density at radius 3 is 2.80 bits per heavy atom. The average molecular weight is 311 g/mol. The first kappa shape index (κ1) is 14.5. The van der Waals surface area contributed by atoms with Gasteiger partial charge < -0.3 is 5.32 Å². The molecule has 0 unspecified atom stereocenters. The highest BCUT2D eigenvalue weighted by atomic mass is 35.5. The van der Waals surface area contributed by atoms with E-state index >= 15 is 0 Å². The van der Waals surface area contributed by atoms with Crippen molar-refractivity contribution in [1.29, 1.82) is 0 Å². The summed E-state index contributed by atoms with van der Waals surface area (Å²) in [7, 11) is 0. The van der Waals surface area contributed by atoms with E-state index in [4.69, 9.17) is 11.6 Å². The van der Waals surface area contributed by atoms with Gasteiger partial charge >= 0.3 is 5.69 Å². The number of amides is 1. The summed E-state index contributed by atoms with van der Waals surface area (Å²) in [5.74, 6) is -0.490. The van der Waals surface area contributed by atoms with Crippen molar-refractivity contribution in [3.63, 3.8) is 0 Å². The van der Waals surface area contributed by atoms with Gasteiger partial charge in [-0.15, -0.1) is 11.3 Å². The predicted molar refractivity (Wildman–Crippen MR) is 78.5 cm³/mol. The Morgan fingerprint density at radius 2 is 2.15 bits per heavy atom. The van der Waals surface area contributed by atoms with Crippen molar-refractivity contribution in [3.8, 4) is 0 Å². The summed E-state index contributed by atoms with van der Waals surface area (Å²) in [4.78, 5) is 23.4. The first-order valence-corrected chi connectivity index (χ1v) is 7.09. The van der Waals surface area contributed by atoms with E-state index in [9.17, 15) is 14.9 Å². The molecule has 0 radical (unpaired) electrons. The summed E-state index contributed by atoms with van der Waals surface area (Å²) in [6.07, 6.45) is 0.692. The number of para-hydroxylation sites is 1. The second-order valence-corrected chi connectivity index (χ2v) is 5.42. The molecule has 0 aliphatic carbocycles. The number of nitro groups is 1. The van der Waals surface area contributed by atoms with Crippen LogP contribution in [0.3, 0.4) is 0 Å². The Hall–Kier alpha value is -1.92.